The first-order valence-corrected chi connectivity index (χ1v) is 17.2. The number of hydrogen-bond acceptors (Lipinski definition) is 7. The highest BCUT2D eigenvalue weighted by Crippen LogP contribution is 2.40. The number of ether oxygens (including phenoxy) is 2. The van der Waals surface area contributed by atoms with Gasteiger partial charge in [-0.3, -0.25) is 19.1 Å². The minimum atomic E-state index is -0.301. The first-order chi connectivity index (χ1) is 25.3. The average Bonchev–Trinajstić information content (AvgIpc) is 3.87. The van der Waals surface area contributed by atoms with Crippen molar-refractivity contribution in [3.05, 3.63) is 102 Å². The molecule has 0 bridgehead atoms. The maximum atomic E-state index is 15.8. The van der Waals surface area contributed by atoms with Crippen LogP contribution in [0.4, 0.5) is 4.39 Å². The Morgan fingerprint density at radius 2 is 1.63 bits per heavy atom. The molecule has 13 heteroatoms. The zero-order chi connectivity index (χ0) is 36.6. The van der Waals surface area contributed by atoms with Gasteiger partial charge in [0.1, 0.15) is 11.5 Å². The lowest BCUT2D eigenvalue weighted by molar-refractivity contribution is -0.131. The van der Waals surface area contributed by atoms with Crippen LogP contribution >= 0.6 is 0 Å². The summed E-state index contributed by atoms with van der Waals surface area (Å²) < 4.78 is 28.2. The fourth-order valence-corrected chi connectivity index (χ4v) is 6.61. The Morgan fingerprint density at radius 1 is 0.904 bits per heavy atom. The van der Waals surface area contributed by atoms with Gasteiger partial charge in [-0.25, -0.2) is 4.39 Å². The standard InChI is InChI=1S/C26H26FN5O2.C13H16N2O3/c1-17-14-22-21(19-7-3-4-8-23(19)34-2)15-20(25(27)26(22)29-17)18-6-5-11-31(16-18)24(33)9-12-32-13-10-28-30-32;1-18-12-5-3-2-4-11(12)13(17)15-8-6-14(10-16)7-9-15/h3-4,6-8,10,13-15,29H,5,9,11-12,16H2,1-2H3;2-5,10H,6-9H2,1H3. The topological polar surface area (TPSA) is 126 Å². The summed E-state index contributed by atoms with van der Waals surface area (Å²) in [5.41, 5.74) is 5.01. The van der Waals surface area contributed by atoms with Crippen LogP contribution in [0, 0.1) is 12.7 Å². The Labute approximate surface area is 301 Å². The number of amides is 3. The SMILES string of the molecule is COc1ccccc1-c1cc(C2=CCCN(C(=O)CCn3ccnn3)C2)c(F)c2[nH]c(C)cc12.COc1ccccc1C(=O)N1CCN(C=O)CC1. The summed E-state index contributed by atoms with van der Waals surface area (Å²) in [6.45, 7) is 5.67. The third kappa shape index (κ3) is 7.83. The number of para-hydroxylation sites is 2. The molecule has 1 fully saturated rings. The Bertz CT molecular complexity index is 2070. The van der Waals surface area contributed by atoms with Crippen molar-refractivity contribution in [3.8, 4) is 22.6 Å². The zero-order valence-electron chi connectivity index (χ0n) is 29.5. The predicted molar refractivity (Wildman–Crippen MR) is 195 cm³/mol. The summed E-state index contributed by atoms with van der Waals surface area (Å²) in [7, 11) is 3.19. The van der Waals surface area contributed by atoms with E-state index >= 15 is 4.39 Å². The van der Waals surface area contributed by atoms with Crippen LogP contribution < -0.4 is 9.47 Å². The van der Waals surface area contributed by atoms with E-state index in [1.54, 1.807) is 58.1 Å². The third-order valence-electron chi connectivity index (χ3n) is 9.35. The third-order valence-corrected chi connectivity index (χ3v) is 9.35. The van der Waals surface area contributed by atoms with Gasteiger partial charge in [-0.1, -0.05) is 41.6 Å². The molecule has 7 rings (SSSR count). The largest absolute Gasteiger partial charge is 0.496 e. The number of piperazine rings is 1. The molecule has 1 N–H and O–H groups in total. The van der Waals surface area contributed by atoms with Gasteiger partial charge in [0, 0.05) is 74.1 Å². The molecule has 0 aliphatic carbocycles. The second kappa shape index (κ2) is 16.4. The first-order valence-electron chi connectivity index (χ1n) is 17.2. The summed E-state index contributed by atoms with van der Waals surface area (Å²) in [5.74, 6) is 0.981. The molecule has 270 valence electrons. The highest BCUT2D eigenvalue weighted by Gasteiger charge is 2.25. The Hall–Kier alpha value is -5.98. The Kier molecular flexibility index (Phi) is 11.3. The molecule has 0 spiro atoms. The molecule has 52 heavy (non-hydrogen) atoms. The molecule has 2 aromatic heterocycles. The monoisotopic (exact) mass is 707 g/mol. The molecular formula is C39H42FN7O5. The van der Waals surface area contributed by atoms with E-state index in [1.165, 1.54) is 0 Å². The predicted octanol–water partition coefficient (Wildman–Crippen LogP) is 5.20. The fraction of sp³-hybridized carbons (Fsp3) is 0.308. The van der Waals surface area contributed by atoms with E-state index < -0.39 is 0 Å². The molecule has 1 saturated heterocycles. The van der Waals surface area contributed by atoms with Crippen LogP contribution in [0.5, 0.6) is 11.5 Å². The van der Waals surface area contributed by atoms with Crippen molar-refractivity contribution < 1.29 is 28.2 Å². The van der Waals surface area contributed by atoms with Crippen LogP contribution in [0.3, 0.4) is 0 Å². The number of aromatic amines is 1. The summed E-state index contributed by atoms with van der Waals surface area (Å²) in [6, 6.07) is 18.8. The minimum absolute atomic E-state index is 0.0169. The van der Waals surface area contributed by atoms with Gasteiger partial charge >= 0.3 is 0 Å². The van der Waals surface area contributed by atoms with E-state index in [0.29, 0.717) is 81.0 Å². The number of halogens is 1. The van der Waals surface area contributed by atoms with Gasteiger partial charge in [0.25, 0.3) is 5.91 Å². The number of nitrogens with one attached hydrogen (secondary N) is 1. The number of carbonyl (C=O) groups excluding carboxylic acids is 3. The maximum absolute atomic E-state index is 15.8. The molecular weight excluding hydrogens is 665 g/mol. The van der Waals surface area contributed by atoms with Crippen LogP contribution in [0.25, 0.3) is 27.6 Å². The number of methoxy groups -OCH3 is 2. The molecule has 4 heterocycles. The van der Waals surface area contributed by atoms with Crippen LogP contribution in [0.2, 0.25) is 0 Å². The van der Waals surface area contributed by atoms with Gasteiger partial charge < -0.3 is 29.2 Å². The van der Waals surface area contributed by atoms with Crippen molar-refractivity contribution in [3.63, 3.8) is 0 Å². The lowest BCUT2D eigenvalue weighted by Gasteiger charge is -2.32. The van der Waals surface area contributed by atoms with Crippen molar-refractivity contribution in [2.24, 2.45) is 0 Å². The molecule has 2 aliphatic rings. The van der Waals surface area contributed by atoms with Gasteiger partial charge in [-0.05, 0) is 54.8 Å². The van der Waals surface area contributed by atoms with Crippen molar-refractivity contribution in [2.45, 2.75) is 26.3 Å². The van der Waals surface area contributed by atoms with Gasteiger partial charge in [0.2, 0.25) is 12.3 Å². The summed E-state index contributed by atoms with van der Waals surface area (Å²) in [5, 5.41) is 8.49. The van der Waals surface area contributed by atoms with Gasteiger partial charge in [-0.15, -0.1) is 5.10 Å². The van der Waals surface area contributed by atoms with E-state index in [4.69, 9.17) is 9.47 Å². The second-order valence-electron chi connectivity index (χ2n) is 12.6. The van der Waals surface area contributed by atoms with Gasteiger partial charge in [0.15, 0.2) is 5.82 Å². The van der Waals surface area contributed by atoms with Gasteiger partial charge in [-0.2, -0.15) is 0 Å². The van der Waals surface area contributed by atoms with Gasteiger partial charge in [0.05, 0.1) is 38.0 Å². The lowest BCUT2D eigenvalue weighted by atomic mass is 9.93. The van der Waals surface area contributed by atoms with E-state index in [-0.39, 0.29) is 17.6 Å². The van der Waals surface area contributed by atoms with Crippen LogP contribution in [0.1, 0.15) is 34.5 Å². The zero-order valence-corrected chi connectivity index (χ0v) is 29.5. The molecule has 0 unspecified atom stereocenters. The van der Waals surface area contributed by atoms with E-state index in [0.717, 1.165) is 39.9 Å². The molecule has 0 saturated carbocycles. The fourth-order valence-electron chi connectivity index (χ4n) is 6.61. The van der Waals surface area contributed by atoms with Crippen LogP contribution in [0.15, 0.2) is 79.1 Å². The Balaban J connectivity index is 0.000000217. The first kappa shape index (κ1) is 35.8. The quantitative estimate of drug-likeness (QED) is 0.209. The maximum Gasteiger partial charge on any atom is 0.257 e. The molecule has 3 amide bonds. The van der Waals surface area contributed by atoms with E-state index in [9.17, 15) is 14.4 Å². The molecule has 2 aliphatic heterocycles. The number of rotatable bonds is 9. The lowest BCUT2D eigenvalue weighted by Crippen LogP contribution is -2.48. The highest BCUT2D eigenvalue weighted by molar-refractivity contribution is 6.00. The number of aromatic nitrogens is 4. The molecule has 0 atom stereocenters. The normalized spacial score (nSPS) is 14.4. The smallest absolute Gasteiger partial charge is 0.257 e. The summed E-state index contributed by atoms with van der Waals surface area (Å²) in [4.78, 5) is 44.2. The summed E-state index contributed by atoms with van der Waals surface area (Å²) in [6.07, 6.45) is 7.18. The number of carbonyl (C=O) groups is 3. The van der Waals surface area contributed by atoms with Crippen LogP contribution in [-0.4, -0.2) is 106 Å². The van der Waals surface area contributed by atoms with Crippen molar-refractivity contribution >= 4 is 34.7 Å². The van der Waals surface area contributed by atoms with Crippen molar-refractivity contribution in [1.29, 1.82) is 0 Å². The van der Waals surface area contributed by atoms with Crippen molar-refractivity contribution in [1.82, 2.24) is 34.7 Å². The highest BCUT2D eigenvalue weighted by atomic mass is 19.1. The Morgan fingerprint density at radius 3 is 2.35 bits per heavy atom. The summed E-state index contributed by atoms with van der Waals surface area (Å²) >= 11 is 0. The number of hydrogen-bond donors (Lipinski definition) is 1. The second-order valence-corrected chi connectivity index (χ2v) is 12.6. The minimum Gasteiger partial charge on any atom is -0.496 e. The van der Waals surface area contributed by atoms with E-state index in [2.05, 4.69) is 15.3 Å². The number of fused-ring (bicyclic) bond motifs is 1. The average molecular weight is 708 g/mol. The molecule has 5 aromatic rings. The number of H-pyrrole nitrogens is 1. The number of benzene rings is 3. The number of aryl methyl sites for hydroxylation is 2. The molecule has 12 nitrogen and oxygen atoms in total. The number of nitrogens with zero attached hydrogens (tertiary/aromatic N) is 6. The van der Waals surface area contributed by atoms with Crippen LogP contribution in [-0.2, 0) is 16.1 Å². The molecule has 3 aromatic carbocycles. The molecule has 0 radical (unpaired) electrons. The van der Waals surface area contributed by atoms with Crippen molar-refractivity contribution in [2.75, 3.05) is 53.5 Å². The van der Waals surface area contributed by atoms with E-state index in [1.807, 2.05) is 61.5 Å².